The summed E-state index contributed by atoms with van der Waals surface area (Å²) in [5.74, 6) is -6.26. The second kappa shape index (κ2) is 63.5. The molecule has 6 heterocycles. The number of amides is 8. The molecule has 0 spiro atoms. The molecule has 6 aromatic rings. The highest BCUT2D eigenvalue weighted by molar-refractivity contribution is 5.89. The van der Waals surface area contributed by atoms with E-state index < -0.39 is 122 Å². The number of carbonyl (C=O) groups excluding carboxylic acids is 10. The lowest BCUT2D eigenvalue weighted by molar-refractivity contribution is -0.150. The number of nitrogens with one attached hydrogen (secondary N) is 6. The number of hydrogen-bond acceptors (Lipinski definition) is 28. The third-order valence-electron chi connectivity index (χ3n) is 22.7. The van der Waals surface area contributed by atoms with E-state index in [1.807, 2.05) is 4.98 Å². The fraction of sp³-hybridized carbons (Fsp3) is 0.689. The smallest absolute Gasteiger partial charge is 0.349 e. The molecule has 132 heavy (non-hydrogen) atoms. The average molecular weight is 1850 g/mol. The van der Waals surface area contributed by atoms with Gasteiger partial charge in [0.05, 0.1) is 51.5 Å². The van der Waals surface area contributed by atoms with Gasteiger partial charge in [-0.3, -0.25) is 76.6 Å². The number of ether oxygens (including phenoxy) is 2. The Labute approximate surface area is 771 Å². The Kier molecular flexibility index (Phi) is 52.5. The van der Waals surface area contributed by atoms with Gasteiger partial charge in [-0.15, -0.1) is 0 Å². The molecule has 0 radical (unpaired) electrons. The van der Waals surface area contributed by atoms with Gasteiger partial charge in [0.25, 0.3) is 11.1 Å². The van der Waals surface area contributed by atoms with Crippen molar-refractivity contribution in [1.82, 2.24) is 104 Å². The van der Waals surface area contributed by atoms with Crippen LogP contribution in [0.3, 0.4) is 0 Å². The van der Waals surface area contributed by atoms with Crippen LogP contribution in [0.25, 0.3) is 22.3 Å². The number of aliphatic hydroxyl groups excluding tert-OH is 1. The molecule has 8 amide bonds. The molecular formula is C90H147N25O17. The number of unbranched alkanes of at least 4 members (excludes halogenated alkanes) is 25. The van der Waals surface area contributed by atoms with E-state index in [2.05, 4.69) is 81.8 Å². The van der Waals surface area contributed by atoms with Gasteiger partial charge in [0.2, 0.25) is 53.2 Å². The van der Waals surface area contributed by atoms with Gasteiger partial charge in [-0.05, 0) is 96.2 Å². The van der Waals surface area contributed by atoms with E-state index >= 15 is 0 Å². The van der Waals surface area contributed by atoms with Crippen LogP contribution in [-0.4, -0.2) is 270 Å². The van der Waals surface area contributed by atoms with Crippen molar-refractivity contribution in [2.45, 2.75) is 290 Å². The third kappa shape index (κ3) is 43.7. The number of aliphatic hydroxyl groups is 1. The molecule has 1 unspecified atom stereocenters. The minimum absolute atomic E-state index is 0.0125. The summed E-state index contributed by atoms with van der Waals surface area (Å²) in [6.07, 6.45) is 41.4. The van der Waals surface area contributed by atoms with Gasteiger partial charge in [-0.2, -0.15) is 9.97 Å². The molecule has 6 rings (SSSR count). The summed E-state index contributed by atoms with van der Waals surface area (Å²) in [4.78, 5) is 222. The summed E-state index contributed by atoms with van der Waals surface area (Å²) in [7, 11) is 0. The van der Waals surface area contributed by atoms with Gasteiger partial charge < -0.3 is 92.4 Å². The van der Waals surface area contributed by atoms with Crippen LogP contribution in [-0.2, 0) is 83.6 Å². The Hall–Kier alpha value is -11.6. The quantitative estimate of drug-likeness (QED) is 0.0185. The molecule has 15 N–H and O–H groups in total. The first-order valence-electron chi connectivity index (χ1n) is 47.7. The fourth-order valence-electron chi connectivity index (χ4n) is 15.3. The van der Waals surface area contributed by atoms with Crippen LogP contribution in [0.1, 0.15) is 252 Å². The second-order valence-corrected chi connectivity index (χ2v) is 33.8. The molecule has 0 aromatic carbocycles. The van der Waals surface area contributed by atoms with Gasteiger partial charge in [0.1, 0.15) is 49.9 Å². The average Bonchev–Trinajstić information content (AvgIpc) is 1.66. The highest BCUT2D eigenvalue weighted by Gasteiger charge is 2.27. The van der Waals surface area contributed by atoms with Crippen molar-refractivity contribution >= 4 is 99.1 Å². The van der Waals surface area contributed by atoms with Gasteiger partial charge in [-0.25, -0.2) is 29.5 Å². The molecule has 0 aliphatic heterocycles. The number of carbonyl (C=O) groups is 10. The second-order valence-electron chi connectivity index (χ2n) is 33.8. The number of esters is 2. The van der Waals surface area contributed by atoms with Crippen molar-refractivity contribution in [3.63, 3.8) is 0 Å². The molecule has 6 aromatic heterocycles. The number of imidazole rings is 2. The molecule has 1 atom stereocenters. The molecule has 0 saturated heterocycles. The Bertz CT molecular complexity index is 4720. The number of nitrogens with zero attached hydrogens (tertiary/aromatic N) is 15. The lowest BCUT2D eigenvalue weighted by Gasteiger charge is -2.26. The van der Waals surface area contributed by atoms with Crippen molar-refractivity contribution in [3.8, 4) is 0 Å². The normalized spacial score (nSPS) is 11.6. The summed E-state index contributed by atoms with van der Waals surface area (Å²) in [6, 6.07) is 2.32. The van der Waals surface area contributed by atoms with Crippen molar-refractivity contribution in [2.75, 3.05) is 129 Å². The predicted molar refractivity (Wildman–Crippen MR) is 500 cm³/mol. The highest BCUT2D eigenvalue weighted by atomic mass is 16.5. The van der Waals surface area contributed by atoms with Crippen molar-refractivity contribution < 1.29 is 62.5 Å². The van der Waals surface area contributed by atoms with E-state index in [0.29, 0.717) is 51.7 Å². The minimum Gasteiger partial charge on any atom is -0.466 e. The van der Waals surface area contributed by atoms with Crippen LogP contribution in [0.4, 0.5) is 17.6 Å². The number of H-pyrrole nitrogens is 2. The maximum atomic E-state index is 14.3. The van der Waals surface area contributed by atoms with E-state index in [1.54, 1.807) is 0 Å². The van der Waals surface area contributed by atoms with E-state index in [9.17, 15) is 72.2 Å². The Morgan fingerprint density at radius 1 is 0.447 bits per heavy atom. The largest absolute Gasteiger partial charge is 0.466 e. The molecule has 0 aliphatic rings. The first-order valence-corrected chi connectivity index (χ1v) is 47.7. The van der Waals surface area contributed by atoms with Gasteiger partial charge in [0, 0.05) is 96.7 Å². The standard InChI is InChI=1S/C90H147N25O17/c1-4-7-10-13-16-17-18-24-34-55-131-80(126)38-29-25-33-48-107(47-32-23-19-22-28-39-81(127)132-69(36-26-20-14-11-8-5-2)37-27-21-15-12-9-6-3)56-68(116)35-30-31-43-95-72(118)58-110(78(124)63-114-66-101-82-84(93)99-65-100-85(82)114)53-46-98-74(120)59-109(77(123)62-112-49-40-70(92)103-89(112)129)52-44-97-75(121)60-111(79(125)64-115-67-102-83-86(115)105-88(94)106-87(83)128)54-45-96-73(119)57-108(51-42-91)76(122)61-113-50-41-71(117)104-90(113)130/h40-41,49-50,65-69,116H,4-39,42-48,51-64,91H2,1-3H3,(H,95,118)(H,96,119)(H,97,121)(H,98,120)(H2,92,103,129)(H2,93,99,100)(H,104,117,130)(H3,94,105,106,128). The minimum atomic E-state index is -0.888. The zero-order chi connectivity index (χ0) is 95.6. The maximum Gasteiger partial charge on any atom is 0.349 e. The Balaban J connectivity index is 1.04. The van der Waals surface area contributed by atoms with Crippen LogP contribution < -0.4 is 66.7 Å². The lowest BCUT2D eigenvalue weighted by atomic mass is 10.0. The monoisotopic (exact) mass is 1850 g/mol. The SMILES string of the molecule is CCCCCCCCCCCOC(=O)CCCCCN(CCCCCCCC(=O)OC(CCCCCCCC)CCCCCCCC)CC(O)CCCCNC(=O)CN(CCNC(=O)CN(CCNC(=O)CN(CCNC(=O)CN(CCN)C(=O)Cn1ccc(=O)[nH]c1=O)C(=O)Cn1cnc2c(=O)[nH]c(N)nc21)C(=O)Cn1ccc(N)nc1=O)C(=O)Cn1cnc2c(N)ncnc21. The van der Waals surface area contributed by atoms with Crippen molar-refractivity contribution in [2.24, 2.45) is 5.73 Å². The third-order valence-corrected chi connectivity index (χ3v) is 22.7. The van der Waals surface area contributed by atoms with E-state index in [1.165, 1.54) is 142 Å². The molecule has 0 saturated carbocycles. The van der Waals surface area contributed by atoms with Gasteiger partial charge in [0.15, 0.2) is 22.6 Å². The zero-order valence-corrected chi connectivity index (χ0v) is 78.0. The first kappa shape index (κ1) is 109. The van der Waals surface area contributed by atoms with Crippen LogP contribution in [0.5, 0.6) is 0 Å². The number of anilines is 3. The van der Waals surface area contributed by atoms with Crippen molar-refractivity contribution in [1.29, 1.82) is 0 Å². The summed E-state index contributed by atoms with van der Waals surface area (Å²) in [5.41, 5.74) is 20.5. The maximum absolute atomic E-state index is 14.3. The van der Waals surface area contributed by atoms with Crippen molar-refractivity contribution in [3.05, 3.63) is 85.2 Å². The van der Waals surface area contributed by atoms with E-state index in [4.69, 9.17) is 32.4 Å². The number of hydrogen-bond donors (Lipinski definition) is 11. The number of rotatable bonds is 73. The number of aromatic nitrogens is 12. The fourth-order valence-corrected chi connectivity index (χ4v) is 15.3. The van der Waals surface area contributed by atoms with Crippen LogP contribution in [0.15, 0.2) is 62.7 Å². The summed E-state index contributed by atoms with van der Waals surface area (Å²) in [5, 5.41) is 22.3. The molecule has 42 nitrogen and oxygen atoms in total. The number of nitrogens with two attached hydrogens (primary N) is 4. The number of aromatic amines is 2. The summed E-state index contributed by atoms with van der Waals surface area (Å²) in [6.45, 7) is 2.69. The molecular weight excluding hydrogens is 1700 g/mol. The predicted octanol–water partition coefficient (Wildman–Crippen LogP) is 4.47. The summed E-state index contributed by atoms with van der Waals surface area (Å²) < 4.78 is 16.2. The summed E-state index contributed by atoms with van der Waals surface area (Å²) >= 11 is 0. The van der Waals surface area contributed by atoms with E-state index in [0.717, 1.165) is 145 Å². The first-order chi connectivity index (χ1) is 63.8. The van der Waals surface area contributed by atoms with Gasteiger partial charge >= 0.3 is 23.3 Å². The van der Waals surface area contributed by atoms with E-state index in [-0.39, 0.29) is 123 Å². The van der Waals surface area contributed by atoms with Crippen LogP contribution in [0, 0.1) is 0 Å². The zero-order valence-electron chi connectivity index (χ0n) is 78.0. The molecule has 0 fully saturated rings. The highest BCUT2D eigenvalue weighted by Crippen LogP contribution is 2.21. The molecule has 0 bridgehead atoms. The van der Waals surface area contributed by atoms with Crippen LogP contribution >= 0.6 is 0 Å². The number of fused-ring (bicyclic) bond motifs is 2. The Morgan fingerprint density at radius 2 is 0.886 bits per heavy atom. The Morgan fingerprint density at radius 3 is 1.41 bits per heavy atom. The molecule has 734 valence electrons. The van der Waals surface area contributed by atoms with Crippen LogP contribution in [0.2, 0.25) is 0 Å². The topological polar surface area (TPSA) is 575 Å². The van der Waals surface area contributed by atoms with Gasteiger partial charge in [-0.1, -0.05) is 162 Å². The number of nitrogen functional groups attached to an aromatic ring is 3. The molecule has 42 heteroatoms. The molecule has 0 aliphatic carbocycles. The lowest BCUT2D eigenvalue weighted by Crippen LogP contribution is -2.50.